The molecule has 0 bridgehead atoms. The number of piperidine rings is 1. The normalized spacial score (nSPS) is 17.8. The first-order valence-corrected chi connectivity index (χ1v) is 8.06. The largest absolute Gasteiger partial charge is 0.348 e. The van der Waals surface area contributed by atoms with E-state index < -0.39 is 0 Å². The van der Waals surface area contributed by atoms with Gasteiger partial charge in [0.15, 0.2) is 0 Å². The van der Waals surface area contributed by atoms with Crippen LogP contribution in [0.1, 0.15) is 47.4 Å². The molecule has 2 amide bonds. The van der Waals surface area contributed by atoms with Crippen molar-refractivity contribution < 1.29 is 9.59 Å². The minimum absolute atomic E-state index is 0.00781. The third kappa shape index (κ3) is 4.07. The van der Waals surface area contributed by atoms with E-state index in [-0.39, 0.29) is 17.9 Å². The Morgan fingerprint density at radius 2 is 1.82 bits per heavy atom. The Morgan fingerprint density at radius 1 is 1.18 bits per heavy atom. The number of carbonyl (C=O) groups is 2. The third-order valence-electron chi connectivity index (χ3n) is 4.08. The second-order valence-corrected chi connectivity index (χ2v) is 5.57. The van der Waals surface area contributed by atoms with Crippen molar-refractivity contribution in [2.45, 2.75) is 32.7 Å². The van der Waals surface area contributed by atoms with E-state index in [4.69, 9.17) is 0 Å². The van der Waals surface area contributed by atoms with E-state index in [1.54, 1.807) is 29.2 Å². The van der Waals surface area contributed by atoms with Crippen LogP contribution in [0.15, 0.2) is 24.3 Å². The molecule has 1 saturated heterocycles. The highest BCUT2D eigenvalue weighted by molar-refractivity contribution is 5.97. The Balaban J connectivity index is 1.98. The second kappa shape index (κ2) is 7.94. The molecule has 22 heavy (non-hydrogen) atoms. The minimum Gasteiger partial charge on any atom is -0.348 e. The maximum absolute atomic E-state index is 12.2. The van der Waals surface area contributed by atoms with Crippen LogP contribution in [0.4, 0.5) is 0 Å². The van der Waals surface area contributed by atoms with Crippen LogP contribution in [0.2, 0.25) is 0 Å². The van der Waals surface area contributed by atoms with Crippen LogP contribution in [0.3, 0.4) is 0 Å². The zero-order chi connectivity index (χ0) is 15.9. The molecule has 1 aliphatic heterocycles. The SMILES string of the molecule is CCN(CC)C(=O)c1ccc(C(=O)NC2CCCNC2)cc1. The van der Waals surface area contributed by atoms with Crippen molar-refractivity contribution in [3.8, 4) is 0 Å². The minimum atomic E-state index is -0.0736. The van der Waals surface area contributed by atoms with Gasteiger partial charge in [-0.1, -0.05) is 0 Å². The van der Waals surface area contributed by atoms with Crippen LogP contribution in [0.25, 0.3) is 0 Å². The van der Waals surface area contributed by atoms with Gasteiger partial charge in [0.05, 0.1) is 0 Å². The van der Waals surface area contributed by atoms with Crippen molar-refractivity contribution in [3.63, 3.8) is 0 Å². The molecule has 2 rings (SSSR count). The zero-order valence-corrected chi connectivity index (χ0v) is 13.4. The molecule has 0 aliphatic carbocycles. The number of nitrogens with zero attached hydrogens (tertiary/aromatic N) is 1. The summed E-state index contributed by atoms with van der Waals surface area (Å²) in [6, 6.07) is 7.10. The highest BCUT2D eigenvalue weighted by atomic mass is 16.2. The molecule has 0 aromatic heterocycles. The summed E-state index contributed by atoms with van der Waals surface area (Å²) in [5.74, 6) is -0.0658. The van der Waals surface area contributed by atoms with Gasteiger partial charge in [-0.15, -0.1) is 0 Å². The summed E-state index contributed by atoms with van der Waals surface area (Å²) in [7, 11) is 0. The van der Waals surface area contributed by atoms with Gasteiger partial charge in [0.1, 0.15) is 0 Å². The van der Waals surface area contributed by atoms with Gasteiger partial charge in [-0.05, 0) is 57.5 Å². The lowest BCUT2D eigenvalue weighted by molar-refractivity contribution is 0.0772. The summed E-state index contributed by atoms with van der Waals surface area (Å²) in [4.78, 5) is 26.2. The van der Waals surface area contributed by atoms with Gasteiger partial charge < -0.3 is 15.5 Å². The van der Waals surface area contributed by atoms with E-state index in [0.29, 0.717) is 24.2 Å². The lowest BCUT2D eigenvalue weighted by Crippen LogP contribution is -2.45. The van der Waals surface area contributed by atoms with Gasteiger partial charge in [0.2, 0.25) is 0 Å². The number of hydrogen-bond donors (Lipinski definition) is 2. The fourth-order valence-electron chi connectivity index (χ4n) is 2.70. The fraction of sp³-hybridized carbons (Fsp3) is 0.529. The first-order valence-electron chi connectivity index (χ1n) is 8.06. The molecule has 2 N–H and O–H groups in total. The molecule has 0 spiro atoms. The van der Waals surface area contributed by atoms with Crippen LogP contribution < -0.4 is 10.6 Å². The summed E-state index contributed by atoms with van der Waals surface area (Å²) < 4.78 is 0. The highest BCUT2D eigenvalue weighted by Crippen LogP contribution is 2.09. The van der Waals surface area contributed by atoms with E-state index in [2.05, 4.69) is 10.6 Å². The summed E-state index contributed by atoms with van der Waals surface area (Å²) in [6.45, 7) is 7.14. The number of amides is 2. The number of nitrogens with one attached hydrogen (secondary N) is 2. The molecule has 0 radical (unpaired) electrons. The molecule has 1 heterocycles. The molecule has 120 valence electrons. The Kier molecular flexibility index (Phi) is 5.95. The summed E-state index contributed by atoms with van der Waals surface area (Å²) in [6.07, 6.45) is 2.10. The predicted octanol–water partition coefficient (Wildman–Crippen LogP) is 1.65. The molecule has 5 heteroatoms. The number of carbonyl (C=O) groups excluding carboxylic acids is 2. The van der Waals surface area contributed by atoms with Gasteiger partial charge in [-0.2, -0.15) is 0 Å². The van der Waals surface area contributed by atoms with Crippen LogP contribution >= 0.6 is 0 Å². The van der Waals surface area contributed by atoms with Crippen molar-refractivity contribution in [2.75, 3.05) is 26.2 Å². The van der Waals surface area contributed by atoms with E-state index >= 15 is 0 Å². The van der Waals surface area contributed by atoms with Crippen LogP contribution in [0.5, 0.6) is 0 Å². The Bertz CT molecular complexity index is 503. The molecule has 5 nitrogen and oxygen atoms in total. The van der Waals surface area contributed by atoms with Crippen molar-refractivity contribution in [2.24, 2.45) is 0 Å². The van der Waals surface area contributed by atoms with Crippen LogP contribution in [0, 0.1) is 0 Å². The summed E-state index contributed by atoms with van der Waals surface area (Å²) in [5.41, 5.74) is 1.22. The third-order valence-corrected chi connectivity index (χ3v) is 4.08. The second-order valence-electron chi connectivity index (χ2n) is 5.57. The maximum atomic E-state index is 12.2. The van der Waals surface area contributed by atoms with Gasteiger partial charge in [-0.3, -0.25) is 9.59 Å². The number of benzene rings is 1. The molecule has 1 fully saturated rings. The monoisotopic (exact) mass is 303 g/mol. The molecule has 1 aliphatic rings. The Labute approximate surface area is 132 Å². The lowest BCUT2D eigenvalue weighted by Gasteiger charge is -2.23. The predicted molar refractivity (Wildman–Crippen MR) is 87.1 cm³/mol. The average molecular weight is 303 g/mol. The topological polar surface area (TPSA) is 61.4 Å². The lowest BCUT2D eigenvalue weighted by atomic mass is 10.1. The Morgan fingerprint density at radius 3 is 2.36 bits per heavy atom. The molecule has 1 atom stereocenters. The van der Waals surface area contributed by atoms with Gasteiger partial charge in [-0.25, -0.2) is 0 Å². The van der Waals surface area contributed by atoms with Gasteiger partial charge >= 0.3 is 0 Å². The molecular weight excluding hydrogens is 278 g/mol. The summed E-state index contributed by atoms with van der Waals surface area (Å²) in [5, 5.41) is 6.31. The van der Waals surface area contributed by atoms with Gasteiger partial charge in [0.25, 0.3) is 11.8 Å². The average Bonchev–Trinajstić information content (AvgIpc) is 2.57. The number of rotatable bonds is 5. The van der Waals surface area contributed by atoms with E-state index in [1.807, 2.05) is 13.8 Å². The van der Waals surface area contributed by atoms with Crippen LogP contribution in [-0.2, 0) is 0 Å². The molecule has 0 saturated carbocycles. The van der Waals surface area contributed by atoms with Crippen LogP contribution in [-0.4, -0.2) is 48.9 Å². The van der Waals surface area contributed by atoms with E-state index in [1.165, 1.54) is 0 Å². The first-order chi connectivity index (χ1) is 10.7. The molecule has 1 aromatic carbocycles. The van der Waals surface area contributed by atoms with Crippen molar-refractivity contribution in [1.29, 1.82) is 0 Å². The zero-order valence-electron chi connectivity index (χ0n) is 13.4. The molecular formula is C17H25N3O2. The summed E-state index contributed by atoms with van der Waals surface area (Å²) >= 11 is 0. The van der Waals surface area contributed by atoms with E-state index in [9.17, 15) is 9.59 Å². The van der Waals surface area contributed by atoms with Crippen molar-refractivity contribution in [3.05, 3.63) is 35.4 Å². The number of hydrogen-bond acceptors (Lipinski definition) is 3. The smallest absolute Gasteiger partial charge is 0.253 e. The molecule has 1 aromatic rings. The Hall–Kier alpha value is -1.88. The highest BCUT2D eigenvalue weighted by Gasteiger charge is 2.17. The van der Waals surface area contributed by atoms with E-state index in [0.717, 1.165) is 25.9 Å². The quantitative estimate of drug-likeness (QED) is 0.869. The fourth-order valence-corrected chi connectivity index (χ4v) is 2.70. The van der Waals surface area contributed by atoms with Crippen molar-refractivity contribution >= 4 is 11.8 Å². The first kappa shape index (κ1) is 16.5. The maximum Gasteiger partial charge on any atom is 0.253 e. The van der Waals surface area contributed by atoms with Gasteiger partial charge in [0, 0.05) is 36.8 Å². The molecule has 1 unspecified atom stereocenters. The van der Waals surface area contributed by atoms with Crippen molar-refractivity contribution in [1.82, 2.24) is 15.5 Å². The standard InChI is InChI=1S/C17H25N3O2/c1-3-20(4-2)17(22)14-9-7-13(8-10-14)16(21)19-15-6-5-11-18-12-15/h7-10,15,18H,3-6,11-12H2,1-2H3,(H,19,21).